The van der Waals surface area contributed by atoms with E-state index < -0.39 is 0 Å². The highest BCUT2D eigenvalue weighted by atomic mass is 19.1. The standard InChI is InChI=1S/C16H23FN2O/c1-12(14-5-7-15(17)8-6-14)19-16(20)9-4-13-3-2-10-18-11-13/h5-8,12-13,18H,2-4,9-11H2,1H3,(H,19,20)/t12-,13?/m0/s1. The number of nitrogens with one attached hydrogen (secondary N) is 2. The lowest BCUT2D eigenvalue weighted by molar-refractivity contribution is -0.122. The van der Waals surface area contributed by atoms with E-state index in [4.69, 9.17) is 0 Å². The van der Waals surface area contributed by atoms with Crippen molar-refractivity contribution in [1.82, 2.24) is 10.6 Å². The fourth-order valence-corrected chi connectivity index (χ4v) is 2.65. The van der Waals surface area contributed by atoms with Crippen LogP contribution in [0.15, 0.2) is 24.3 Å². The number of rotatable bonds is 5. The van der Waals surface area contributed by atoms with Crippen LogP contribution in [-0.4, -0.2) is 19.0 Å². The highest BCUT2D eigenvalue weighted by Crippen LogP contribution is 2.17. The smallest absolute Gasteiger partial charge is 0.220 e. The monoisotopic (exact) mass is 278 g/mol. The molecule has 1 aromatic rings. The van der Waals surface area contributed by atoms with E-state index in [9.17, 15) is 9.18 Å². The van der Waals surface area contributed by atoms with Gasteiger partial charge < -0.3 is 10.6 Å². The van der Waals surface area contributed by atoms with Crippen molar-refractivity contribution in [3.05, 3.63) is 35.6 Å². The topological polar surface area (TPSA) is 41.1 Å². The van der Waals surface area contributed by atoms with E-state index in [1.807, 2.05) is 6.92 Å². The van der Waals surface area contributed by atoms with Crippen molar-refractivity contribution < 1.29 is 9.18 Å². The van der Waals surface area contributed by atoms with Crippen LogP contribution in [0.1, 0.15) is 44.2 Å². The lowest BCUT2D eigenvalue weighted by Crippen LogP contribution is -2.31. The van der Waals surface area contributed by atoms with Gasteiger partial charge in [0.1, 0.15) is 5.82 Å². The second kappa shape index (κ2) is 7.39. The van der Waals surface area contributed by atoms with Crippen LogP contribution in [0.25, 0.3) is 0 Å². The van der Waals surface area contributed by atoms with Crippen molar-refractivity contribution in [2.45, 2.75) is 38.6 Å². The summed E-state index contributed by atoms with van der Waals surface area (Å²) >= 11 is 0. The molecule has 0 radical (unpaired) electrons. The Labute approximate surface area is 120 Å². The van der Waals surface area contributed by atoms with Gasteiger partial charge in [0, 0.05) is 6.42 Å². The highest BCUT2D eigenvalue weighted by Gasteiger charge is 2.15. The minimum atomic E-state index is -0.253. The van der Waals surface area contributed by atoms with E-state index in [-0.39, 0.29) is 17.8 Å². The molecule has 0 aromatic heterocycles. The first-order chi connectivity index (χ1) is 9.65. The molecule has 110 valence electrons. The minimum absolute atomic E-state index is 0.0763. The van der Waals surface area contributed by atoms with Crippen LogP contribution in [0, 0.1) is 11.7 Å². The maximum atomic E-state index is 12.8. The summed E-state index contributed by atoms with van der Waals surface area (Å²) in [6.45, 7) is 4.05. The van der Waals surface area contributed by atoms with E-state index in [0.717, 1.165) is 25.1 Å². The van der Waals surface area contributed by atoms with Crippen molar-refractivity contribution in [3.63, 3.8) is 0 Å². The van der Waals surface area contributed by atoms with Gasteiger partial charge in [-0.05, 0) is 62.9 Å². The van der Waals surface area contributed by atoms with E-state index >= 15 is 0 Å². The van der Waals surface area contributed by atoms with Gasteiger partial charge >= 0.3 is 0 Å². The van der Waals surface area contributed by atoms with Gasteiger partial charge in [-0.15, -0.1) is 0 Å². The average molecular weight is 278 g/mol. The molecular formula is C16H23FN2O. The molecule has 2 N–H and O–H groups in total. The Balaban J connectivity index is 1.74. The summed E-state index contributed by atoms with van der Waals surface area (Å²) in [5.41, 5.74) is 0.930. The molecule has 1 unspecified atom stereocenters. The second-order valence-corrected chi connectivity index (χ2v) is 5.59. The van der Waals surface area contributed by atoms with Crippen LogP contribution in [0.3, 0.4) is 0 Å². The molecule has 1 aromatic carbocycles. The molecule has 1 aliphatic heterocycles. The van der Waals surface area contributed by atoms with Crippen LogP contribution in [0.5, 0.6) is 0 Å². The van der Waals surface area contributed by atoms with Gasteiger partial charge in [-0.3, -0.25) is 4.79 Å². The first kappa shape index (κ1) is 15.0. The fraction of sp³-hybridized carbons (Fsp3) is 0.562. The number of halogens is 1. The van der Waals surface area contributed by atoms with Gasteiger partial charge in [-0.1, -0.05) is 12.1 Å². The first-order valence-corrected chi connectivity index (χ1v) is 7.40. The third kappa shape index (κ3) is 4.60. The normalized spacial score (nSPS) is 20.4. The number of carbonyl (C=O) groups excluding carboxylic acids is 1. The molecule has 0 bridgehead atoms. The molecule has 1 saturated heterocycles. The fourth-order valence-electron chi connectivity index (χ4n) is 2.65. The van der Waals surface area contributed by atoms with Crippen LogP contribution in [-0.2, 0) is 4.79 Å². The van der Waals surface area contributed by atoms with Crippen LogP contribution < -0.4 is 10.6 Å². The summed E-state index contributed by atoms with van der Waals surface area (Å²) in [6, 6.07) is 6.20. The third-order valence-electron chi connectivity index (χ3n) is 3.93. The zero-order valence-electron chi connectivity index (χ0n) is 12.0. The van der Waals surface area contributed by atoms with Gasteiger partial charge in [0.2, 0.25) is 5.91 Å². The van der Waals surface area contributed by atoms with Crippen molar-refractivity contribution in [1.29, 1.82) is 0 Å². The highest BCUT2D eigenvalue weighted by molar-refractivity contribution is 5.76. The Morgan fingerprint density at radius 1 is 1.45 bits per heavy atom. The zero-order valence-corrected chi connectivity index (χ0v) is 12.0. The average Bonchev–Trinajstić information content (AvgIpc) is 2.47. The Bertz CT molecular complexity index is 427. The second-order valence-electron chi connectivity index (χ2n) is 5.59. The Morgan fingerprint density at radius 3 is 2.85 bits per heavy atom. The molecule has 20 heavy (non-hydrogen) atoms. The first-order valence-electron chi connectivity index (χ1n) is 7.40. The molecule has 4 heteroatoms. The summed E-state index contributed by atoms with van der Waals surface area (Å²) in [7, 11) is 0. The molecule has 1 amide bonds. The van der Waals surface area contributed by atoms with Crippen molar-refractivity contribution in [2.75, 3.05) is 13.1 Å². The zero-order chi connectivity index (χ0) is 14.4. The van der Waals surface area contributed by atoms with Gasteiger partial charge in [0.15, 0.2) is 0 Å². The number of amides is 1. The molecule has 2 rings (SSSR count). The molecule has 0 aliphatic carbocycles. The number of benzene rings is 1. The van der Waals surface area contributed by atoms with Crippen LogP contribution >= 0.6 is 0 Å². The molecule has 1 fully saturated rings. The third-order valence-corrected chi connectivity index (χ3v) is 3.93. The van der Waals surface area contributed by atoms with Gasteiger partial charge in [0.25, 0.3) is 0 Å². The molecular weight excluding hydrogens is 255 g/mol. The summed E-state index contributed by atoms with van der Waals surface area (Å²) in [6.07, 6.45) is 3.93. The molecule has 0 spiro atoms. The summed E-state index contributed by atoms with van der Waals surface area (Å²) in [5, 5.41) is 6.34. The van der Waals surface area contributed by atoms with Crippen LogP contribution in [0.2, 0.25) is 0 Å². The number of hydrogen-bond donors (Lipinski definition) is 2. The molecule has 1 heterocycles. The summed E-state index contributed by atoms with van der Waals surface area (Å²) in [5.74, 6) is 0.445. The summed E-state index contributed by atoms with van der Waals surface area (Å²) in [4.78, 5) is 11.9. The van der Waals surface area contributed by atoms with E-state index in [1.54, 1.807) is 12.1 Å². The largest absolute Gasteiger partial charge is 0.350 e. The molecule has 0 saturated carbocycles. The molecule has 1 aliphatic rings. The molecule has 3 nitrogen and oxygen atoms in total. The van der Waals surface area contributed by atoms with Crippen molar-refractivity contribution in [2.24, 2.45) is 5.92 Å². The lowest BCUT2D eigenvalue weighted by Gasteiger charge is -2.22. The number of hydrogen-bond acceptors (Lipinski definition) is 2. The van der Waals surface area contributed by atoms with Crippen molar-refractivity contribution >= 4 is 5.91 Å². The van der Waals surface area contributed by atoms with Gasteiger partial charge in [-0.2, -0.15) is 0 Å². The Hall–Kier alpha value is -1.42. The van der Waals surface area contributed by atoms with E-state index in [0.29, 0.717) is 12.3 Å². The minimum Gasteiger partial charge on any atom is -0.350 e. The number of carbonyl (C=O) groups is 1. The Kier molecular flexibility index (Phi) is 5.53. The predicted molar refractivity (Wildman–Crippen MR) is 77.8 cm³/mol. The van der Waals surface area contributed by atoms with E-state index in [1.165, 1.54) is 25.0 Å². The lowest BCUT2D eigenvalue weighted by atomic mass is 9.94. The van der Waals surface area contributed by atoms with E-state index in [2.05, 4.69) is 10.6 Å². The maximum absolute atomic E-state index is 12.8. The maximum Gasteiger partial charge on any atom is 0.220 e. The Morgan fingerprint density at radius 2 is 2.20 bits per heavy atom. The van der Waals surface area contributed by atoms with Crippen molar-refractivity contribution in [3.8, 4) is 0 Å². The predicted octanol–water partition coefficient (Wildman–Crippen LogP) is 2.78. The van der Waals surface area contributed by atoms with Gasteiger partial charge in [0.05, 0.1) is 6.04 Å². The SMILES string of the molecule is C[C@H](NC(=O)CCC1CCCNC1)c1ccc(F)cc1. The quantitative estimate of drug-likeness (QED) is 0.869. The summed E-state index contributed by atoms with van der Waals surface area (Å²) < 4.78 is 12.8. The van der Waals surface area contributed by atoms with Crippen LogP contribution in [0.4, 0.5) is 4.39 Å². The molecule has 2 atom stereocenters. The van der Waals surface area contributed by atoms with Gasteiger partial charge in [-0.25, -0.2) is 4.39 Å². The number of piperidine rings is 1.